The summed E-state index contributed by atoms with van der Waals surface area (Å²) in [4.78, 5) is 19.1. The Hall–Kier alpha value is -3.13. The van der Waals surface area contributed by atoms with Gasteiger partial charge in [0.2, 0.25) is 0 Å². The van der Waals surface area contributed by atoms with Crippen LogP contribution in [0.2, 0.25) is 5.02 Å². The average Bonchev–Trinajstić information content (AvgIpc) is 2.85. The number of likely N-dealkylation sites (tertiary alicyclic amines) is 1. The molecule has 1 fully saturated rings. The fourth-order valence-corrected chi connectivity index (χ4v) is 4.12. The van der Waals surface area contributed by atoms with Crippen LogP contribution in [0.4, 0.5) is 0 Å². The molecule has 2 heterocycles. The van der Waals surface area contributed by atoms with E-state index in [1.54, 1.807) is 19.2 Å². The molecule has 0 aliphatic carbocycles. The Morgan fingerprint density at radius 2 is 1.79 bits per heavy atom. The zero-order valence-corrected chi connectivity index (χ0v) is 20.4. The second-order valence-electron chi connectivity index (χ2n) is 8.83. The lowest BCUT2D eigenvalue weighted by atomic mass is 9.99. The third-order valence-electron chi connectivity index (χ3n) is 6.18. The number of carbonyl (C=O) groups excluding carboxylic acids is 1. The van der Waals surface area contributed by atoms with Gasteiger partial charge < -0.3 is 4.74 Å². The van der Waals surface area contributed by atoms with Crippen LogP contribution in [0.1, 0.15) is 48.3 Å². The minimum Gasteiger partial charge on any atom is -0.491 e. The van der Waals surface area contributed by atoms with Crippen LogP contribution in [0.25, 0.3) is 11.1 Å². The SMILES string of the molecule is CC(=O)c1cc(C#Cc2ccc(-c3ccc(Cl)cc3)cn2)ccc1OCCN1CCC(C)CC1. The number of piperidine rings is 1. The molecule has 3 aromatic rings. The van der Waals surface area contributed by atoms with E-state index in [9.17, 15) is 4.79 Å². The predicted molar refractivity (Wildman–Crippen MR) is 137 cm³/mol. The van der Waals surface area contributed by atoms with Crippen molar-refractivity contribution in [3.05, 3.63) is 82.6 Å². The lowest BCUT2D eigenvalue weighted by molar-refractivity contribution is 0.101. The molecule has 1 aromatic heterocycles. The van der Waals surface area contributed by atoms with E-state index in [1.165, 1.54) is 12.8 Å². The Bertz CT molecular complexity index is 1190. The average molecular weight is 473 g/mol. The highest BCUT2D eigenvalue weighted by Gasteiger charge is 2.16. The molecule has 0 unspecified atom stereocenters. The maximum Gasteiger partial charge on any atom is 0.163 e. The molecule has 1 saturated heterocycles. The number of halogens is 1. The molecule has 34 heavy (non-hydrogen) atoms. The van der Waals surface area contributed by atoms with Crippen LogP contribution in [0.3, 0.4) is 0 Å². The van der Waals surface area contributed by atoms with Gasteiger partial charge >= 0.3 is 0 Å². The molecule has 0 amide bonds. The molecule has 1 aliphatic rings. The van der Waals surface area contributed by atoms with E-state index < -0.39 is 0 Å². The van der Waals surface area contributed by atoms with E-state index in [4.69, 9.17) is 16.3 Å². The number of nitrogens with zero attached hydrogens (tertiary/aromatic N) is 2. The van der Waals surface area contributed by atoms with Gasteiger partial charge in [0.05, 0.1) is 5.56 Å². The van der Waals surface area contributed by atoms with Gasteiger partial charge in [0, 0.05) is 28.9 Å². The third kappa shape index (κ3) is 6.47. The molecule has 0 bridgehead atoms. The van der Waals surface area contributed by atoms with E-state index in [-0.39, 0.29) is 5.78 Å². The normalized spacial score (nSPS) is 14.3. The first-order valence-electron chi connectivity index (χ1n) is 11.7. The van der Waals surface area contributed by atoms with Crippen LogP contribution < -0.4 is 4.74 Å². The largest absolute Gasteiger partial charge is 0.491 e. The maximum absolute atomic E-state index is 12.2. The van der Waals surface area contributed by atoms with Crippen molar-refractivity contribution in [2.45, 2.75) is 26.7 Å². The number of pyridine rings is 1. The Morgan fingerprint density at radius 1 is 1.06 bits per heavy atom. The molecule has 4 nitrogen and oxygen atoms in total. The summed E-state index contributed by atoms with van der Waals surface area (Å²) in [7, 11) is 0. The van der Waals surface area contributed by atoms with Gasteiger partial charge in [-0.25, -0.2) is 4.98 Å². The number of Topliss-reactive ketones (excluding diaryl/α,β-unsaturated/α-hetero) is 1. The van der Waals surface area contributed by atoms with Crippen LogP contribution in [0.15, 0.2) is 60.8 Å². The molecule has 0 saturated carbocycles. The van der Waals surface area contributed by atoms with E-state index in [0.717, 1.165) is 42.2 Å². The quantitative estimate of drug-likeness (QED) is 0.320. The number of ether oxygens (including phenoxy) is 1. The molecular weight excluding hydrogens is 444 g/mol. The molecule has 0 radical (unpaired) electrons. The van der Waals surface area contributed by atoms with Crippen molar-refractivity contribution in [2.24, 2.45) is 5.92 Å². The fourth-order valence-electron chi connectivity index (χ4n) is 4.00. The monoisotopic (exact) mass is 472 g/mol. The molecule has 0 atom stereocenters. The van der Waals surface area contributed by atoms with Crippen LogP contribution in [-0.2, 0) is 0 Å². The fraction of sp³-hybridized carbons (Fsp3) is 0.310. The van der Waals surface area contributed by atoms with Crippen LogP contribution in [-0.4, -0.2) is 41.9 Å². The zero-order valence-electron chi connectivity index (χ0n) is 19.7. The van der Waals surface area contributed by atoms with E-state index >= 15 is 0 Å². The second kappa shape index (κ2) is 11.3. The molecule has 5 heteroatoms. The lowest BCUT2D eigenvalue weighted by Crippen LogP contribution is -2.35. The van der Waals surface area contributed by atoms with Crippen molar-refractivity contribution < 1.29 is 9.53 Å². The summed E-state index contributed by atoms with van der Waals surface area (Å²) < 4.78 is 5.98. The van der Waals surface area contributed by atoms with E-state index in [0.29, 0.717) is 28.6 Å². The highest BCUT2D eigenvalue weighted by atomic mass is 35.5. The smallest absolute Gasteiger partial charge is 0.163 e. The third-order valence-corrected chi connectivity index (χ3v) is 6.43. The standard InChI is InChI=1S/C29H29ClN2O2/c1-21-13-15-32(16-14-21)17-18-34-29-12-4-23(19-28(29)22(2)33)3-10-27-11-7-25(20-31-27)24-5-8-26(30)9-6-24/h4-9,11-12,19-21H,13-18H2,1-2H3. The first kappa shape index (κ1) is 24.0. The molecule has 0 N–H and O–H groups in total. The van der Waals surface area contributed by atoms with Crippen molar-refractivity contribution in [1.29, 1.82) is 0 Å². The Kier molecular flexibility index (Phi) is 8.00. The van der Waals surface area contributed by atoms with Crippen LogP contribution in [0, 0.1) is 17.8 Å². The summed E-state index contributed by atoms with van der Waals surface area (Å²) in [6.45, 7) is 7.56. The zero-order chi connectivity index (χ0) is 23.9. The van der Waals surface area contributed by atoms with Crippen molar-refractivity contribution in [3.63, 3.8) is 0 Å². The summed E-state index contributed by atoms with van der Waals surface area (Å²) in [5.41, 5.74) is 4.03. The van der Waals surface area contributed by atoms with Gasteiger partial charge in [-0.05, 0) is 86.7 Å². The van der Waals surface area contributed by atoms with Crippen molar-refractivity contribution in [1.82, 2.24) is 9.88 Å². The number of benzene rings is 2. The van der Waals surface area contributed by atoms with Crippen molar-refractivity contribution in [3.8, 4) is 28.7 Å². The Labute approximate surface area is 206 Å². The van der Waals surface area contributed by atoms with E-state index in [1.807, 2.05) is 48.5 Å². The first-order chi connectivity index (χ1) is 16.5. The summed E-state index contributed by atoms with van der Waals surface area (Å²) in [5.74, 6) is 7.60. The van der Waals surface area contributed by atoms with Gasteiger partial charge in [0.1, 0.15) is 18.1 Å². The summed E-state index contributed by atoms with van der Waals surface area (Å²) >= 11 is 5.96. The number of hydrogen-bond donors (Lipinski definition) is 0. The first-order valence-corrected chi connectivity index (χ1v) is 12.1. The number of ketones is 1. The van der Waals surface area contributed by atoms with E-state index in [2.05, 4.69) is 28.6 Å². The lowest BCUT2D eigenvalue weighted by Gasteiger charge is -2.30. The highest BCUT2D eigenvalue weighted by molar-refractivity contribution is 6.30. The number of carbonyl (C=O) groups is 1. The molecule has 2 aromatic carbocycles. The van der Waals surface area contributed by atoms with Crippen molar-refractivity contribution >= 4 is 17.4 Å². The molecule has 4 rings (SSSR count). The Balaban J connectivity index is 1.40. The topological polar surface area (TPSA) is 42.4 Å². The van der Waals surface area contributed by atoms with Crippen LogP contribution >= 0.6 is 11.6 Å². The Morgan fingerprint density at radius 3 is 2.47 bits per heavy atom. The minimum absolute atomic E-state index is 0.0316. The van der Waals surface area contributed by atoms with Crippen molar-refractivity contribution in [2.75, 3.05) is 26.2 Å². The molecular formula is C29H29ClN2O2. The maximum atomic E-state index is 12.2. The summed E-state index contributed by atoms with van der Waals surface area (Å²) in [6.07, 6.45) is 4.28. The van der Waals surface area contributed by atoms with Gasteiger partial charge in [0.25, 0.3) is 0 Å². The molecule has 174 valence electrons. The number of aromatic nitrogens is 1. The van der Waals surface area contributed by atoms with Gasteiger partial charge in [-0.15, -0.1) is 0 Å². The van der Waals surface area contributed by atoms with Gasteiger partial charge in [-0.2, -0.15) is 0 Å². The van der Waals surface area contributed by atoms with Crippen LogP contribution in [0.5, 0.6) is 5.75 Å². The van der Waals surface area contributed by atoms with Gasteiger partial charge in [0.15, 0.2) is 5.78 Å². The molecule has 0 spiro atoms. The number of hydrogen-bond acceptors (Lipinski definition) is 4. The second-order valence-corrected chi connectivity index (χ2v) is 9.27. The number of rotatable bonds is 6. The summed E-state index contributed by atoms with van der Waals surface area (Å²) in [6, 6.07) is 17.1. The summed E-state index contributed by atoms with van der Waals surface area (Å²) in [5, 5.41) is 0.706. The van der Waals surface area contributed by atoms with Gasteiger partial charge in [-0.1, -0.05) is 42.6 Å². The minimum atomic E-state index is -0.0316. The predicted octanol–water partition coefficient (Wildman–Crippen LogP) is 6.12. The van der Waals surface area contributed by atoms with Gasteiger partial charge in [-0.3, -0.25) is 9.69 Å². The highest BCUT2D eigenvalue weighted by Crippen LogP contribution is 2.22. The molecule has 1 aliphatic heterocycles.